The summed E-state index contributed by atoms with van der Waals surface area (Å²) in [5, 5.41) is 7.33. The highest BCUT2D eigenvalue weighted by Crippen LogP contribution is 2.26. The Balaban J connectivity index is 3.71. The topological polar surface area (TPSA) is 90.8 Å². The Labute approximate surface area is 92.7 Å². The number of H-pyrrole nitrogens is 1. The van der Waals surface area contributed by atoms with Crippen LogP contribution in [0.2, 0.25) is 0 Å². The first-order valence-corrected chi connectivity index (χ1v) is 5.98. The highest BCUT2D eigenvalue weighted by molar-refractivity contribution is 8.13. The molecule has 0 aliphatic rings. The van der Waals surface area contributed by atoms with Crippen LogP contribution in [0.15, 0.2) is 15.9 Å². The van der Waals surface area contributed by atoms with Gasteiger partial charge in [0.2, 0.25) is 0 Å². The zero-order valence-electron chi connectivity index (χ0n) is 7.37. The van der Waals surface area contributed by atoms with Gasteiger partial charge < -0.3 is 4.98 Å². The molecule has 0 radical (unpaired) electrons. The number of halogens is 3. The van der Waals surface area contributed by atoms with Gasteiger partial charge in [0.05, 0.1) is 5.56 Å². The number of hydrogen-bond acceptors (Lipinski definition) is 4. The number of nitrogens with zero attached hydrogens (tertiary/aromatic N) is 1. The summed E-state index contributed by atoms with van der Waals surface area (Å²) in [4.78, 5) is 12.7. The van der Waals surface area contributed by atoms with E-state index in [9.17, 15) is 22.0 Å². The van der Waals surface area contributed by atoms with Crippen molar-refractivity contribution >= 4 is 19.7 Å². The number of nitriles is 1. The van der Waals surface area contributed by atoms with Gasteiger partial charge in [-0.3, -0.25) is 4.79 Å². The average Bonchev–Trinajstić information content (AvgIpc) is 2.15. The van der Waals surface area contributed by atoms with Crippen LogP contribution >= 0.6 is 10.7 Å². The lowest BCUT2D eigenvalue weighted by Gasteiger charge is -2.05. The van der Waals surface area contributed by atoms with Gasteiger partial charge in [-0.15, -0.1) is 0 Å². The van der Waals surface area contributed by atoms with Crippen molar-refractivity contribution in [3.63, 3.8) is 0 Å². The normalized spacial score (nSPS) is 11.4. The third kappa shape index (κ3) is 2.37. The quantitative estimate of drug-likeness (QED) is 0.814. The number of nitrogens with one attached hydrogen (secondary N) is 1. The molecule has 0 saturated carbocycles. The van der Waals surface area contributed by atoms with Crippen molar-refractivity contribution in [3.05, 3.63) is 27.5 Å². The summed E-state index contributed by atoms with van der Waals surface area (Å²) in [6, 6.07) is 1.85. The van der Waals surface area contributed by atoms with E-state index in [1.807, 2.05) is 0 Å². The SMILES string of the molecule is N#Cc1cc(C(F)F)c(S(=O)(=O)Cl)[nH]c1=O. The Morgan fingerprint density at radius 3 is 2.44 bits per heavy atom. The van der Waals surface area contributed by atoms with Gasteiger partial charge in [0.1, 0.15) is 11.6 Å². The summed E-state index contributed by atoms with van der Waals surface area (Å²) in [5.41, 5.74) is -2.71. The molecule has 1 rings (SSSR count). The zero-order chi connectivity index (χ0) is 12.5. The first-order chi connectivity index (χ1) is 7.27. The molecule has 9 heteroatoms. The third-order valence-electron chi connectivity index (χ3n) is 1.63. The number of pyridine rings is 1. The van der Waals surface area contributed by atoms with Gasteiger partial charge in [0.15, 0.2) is 5.03 Å². The minimum Gasteiger partial charge on any atom is -0.310 e. The molecule has 0 fully saturated rings. The summed E-state index contributed by atoms with van der Waals surface area (Å²) >= 11 is 0. The Morgan fingerprint density at radius 1 is 1.50 bits per heavy atom. The lowest BCUT2D eigenvalue weighted by molar-refractivity contribution is 0.147. The molecule has 0 saturated heterocycles. The maximum atomic E-state index is 12.5. The average molecular weight is 269 g/mol. The fourth-order valence-corrected chi connectivity index (χ4v) is 2.00. The molecular formula is C7H3ClF2N2O3S. The Kier molecular flexibility index (Phi) is 3.30. The van der Waals surface area contributed by atoms with Crippen molar-refractivity contribution in [3.8, 4) is 6.07 Å². The summed E-state index contributed by atoms with van der Waals surface area (Å²) in [6.45, 7) is 0. The molecule has 0 aliphatic heterocycles. The van der Waals surface area contributed by atoms with Crippen LogP contribution in [-0.4, -0.2) is 13.4 Å². The second-order valence-corrected chi connectivity index (χ2v) is 5.15. The first kappa shape index (κ1) is 12.6. The number of aromatic amines is 1. The van der Waals surface area contributed by atoms with Gasteiger partial charge in [0.25, 0.3) is 21.0 Å². The van der Waals surface area contributed by atoms with Crippen molar-refractivity contribution in [1.82, 2.24) is 4.98 Å². The summed E-state index contributed by atoms with van der Waals surface area (Å²) in [6.07, 6.45) is -3.17. The van der Waals surface area contributed by atoms with E-state index in [-0.39, 0.29) is 0 Å². The van der Waals surface area contributed by atoms with Gasteiger partial charge in [-0.25, -0.2) is 17.2 Å². The van der Waals surface area contributed by atoms with Gasteiger partial charge in [-0.1, -0.05) is 0 Å². The van der Waals surface area contributed by atoms with Crippen LogP contribution in [0.25, 0.3) is 0 Å². The van der Waals surface area contributed by atoms with Gasteiger partial charge in [0, 0.05) is 10.7 Å². The second kappa shape index (κ2) is 4.19. The molecule has 16 heavy (non-hydrogen) atoms. The lowest BCUT2D eigenvalue weighted by Crippen LogP contribution is -2.16. The van der Waals surface area contributed by atoms with Crippen molar-refractivity contribution in [2.24, 2.45) is 0 Å². The van der Waals surface area contributed by atoms with E-state index in [0.29, 0.717) is 6.07 Å². The number of alkyl halides is 2. The van der Waals surface area contributed by atoms with Gasteiger partial charge in [-0.2, -0.15) is 5.26 Å². The predicted octanol–water partition coefficient (Wildman–Crippen LogP) is 1.11. The molecule has 0 bridgehead atoms. The van der Waals surface area contributed by atoms with E-state index in [1.165, 1.54) is 6.07 Å². The minimum absolute atomic E-state index is 0.499. The summed E-state index contributed by atoms with van der Waals surface area (Å²) in [5.74, 6) is 0. The van der Waals surface area contributed by atoms with Crippen molar-refractivity contribution in [2.75, 3.05) is 0 Å². The Morgan fingerprint density at radius 2 is 2.06 bits per heavy atom. The molecule has 1 heterocycles. The highest BCUT2D eigenvalue weighted by atomic mass is 35.7. The smallest absolute Gasteiger partial charge is 0.277 e. The first-order valence-electron chi connectivity index (χ1n) is 3.67. The van der Waals surface area contributed by atoms with Gasteiger partial charge >= 0.3 is 0 Å². The van der Waals surface area contributed by atoms with Crippen molar-refractivity contribution in [1.29, 1.82) is 5.26 Å². The van der Waals surface area contributed by atoms with Crippen LogP contribution in [0.4, 0.5) is 8.78 Å². The highest BCUT2D eigenvalue weighted by Gasteiger charge is 2.24. The largest absolute Gasteiger partial charge is 0.310 e. The molecule has 86 valence electrons. The molecule has 1 aromatic heterocycles. The number of aromatic nitrogens is 1. The maximum absolute atomic E-state index is 12.5. The molecule has 0 aliphatic carbocycles. The molecule has 0 atom stereocenters. The number of hydrogen-bond donors (Lipinski definition) is 1. The molecule has 0 unspecified atom stereocenters. The lowest BCUT2D eigenvalue weighted by atomic mass is 10.2. The molecule has 5 nitrogen and oxygen atoms in total. The van der Waals surface area contributed by atoms with Crippen LogP contribution in [0.1, 0.15) is 17.6 Å². The molecule has 1 N–H and O–H groups in total. The second-order valence-electron chi connectivity index (χ2n) is 2.65. The zero-order valence-corrected chi connectivity index (χ0v) is 8.94. The molecule has 1 aromatic rings. The summed E-state index contributed by atoms with van der Waals surface area (Å²) < 4.78 is 46.7. The summed E-state index contributed by atoms with van der Waals surface area (Å²) in [7, 11) is 0.362. The van der Waals surface area contributed by atoms with Crippen molar-refractivity contribution in [2.45, 2.75) is 11.5 Å². The standard InChI is InChI=1S/C7H3ClF2N2O3S/c8-16(14,15)7-4(5(9)10)1-3(2-11)6(13)12-7/h1,5H,(H,12,13). The maximum Gasteiger partial charge on any atom is 0.277 e. The van der Waals surface area contributed by atoms with E-state index in [2.05, 4.69) is 0 Å². The van der Waals surface area contributed by atoms with Crippen LogP contribution < -0.4 is 5.56 Å². The minimum atomic E-state index is -4.50. The van der Waals surface area contributed by atoms with Crippen LogP contribution in [0.5, 0.6) is 0 Å². The molecule has 0 aromatic carbocycles. The van der Waals surface area contributed by atoms with E-state index in [1.54, 1.807) is 4.98 Å². The van der Waals surface area contributed by atoms with E-state index < -0.39 is 37.2 Å². The number of rotatable bonds is 2. The van der Waals surface area contributed by atoms with E-state index >= 15 is 0 Å². The van der Waals surface area contributed by atoms with E-state index in [0.717, 1.165) is 0 Å². The Bertz CT molecular complexity index is 617. The van der Waals surface area contributed by atoms with Crippen molar-refractivity contribution < 1.29 is 17.2 Å². The molecule has 0 amide bonds. The van der Waals surface area contributed by atoms with Crippen LogP contribution in [0, 0.1) is 11.3 Å². The predicted molar refractivity (Wildman–Crippen MR) is 49.8 cm³/mol. The Hall–Kier alpha value is -1.46. The third-order valence-corrected chi connectivity index (χ3v) is 2.92. The van der Waals surface area contributed by atoms with Crippen LogP contribution in [-0.2, 0) is 9.05 Å². The van der Waals surface area contributed by atoms with E-state index in [4.69, 9.17) is 15.9 Å². The molecule has 0 spiro atoms. The van der Waals surface area contributed by atoms with Crippen LogP contribution in [0.3, 0.4) is 0 Å². The monoisotopic (exact) mass is 268 g/mol. The fourth-order valence-electron chi connectivity index (χ4n) is 0.976. The van der Waals surface area contributed by atoms with Gasteiger partial charge in [-0.05, 0) is 6.07 Å². The molecular weight excluding hydrogens is 266 g/mol. The fraction of sp³-hybridized carbons (Fsp3) is 0.143.